The molecule has 100 valence electrons. The molecule has 0 aromatic heterocycles. The monoisotopic (exact) mass is 334 g/mol. The molecule has 0 spiro atoms. The van der Waals surface area contributed by atoms with E-state index in [0.29, 0.717) is 10.0 Å². The molecule has 0 heterocycles. The van der Waals surface area contributed by atoms with Crippen LogP contribution in [0.1, 0.15) is 18.9 Å². The number of halogens is 1. The Morgan fingerprint density at radius 2 is 2.11 bits per heavy atom. The number of hydrogen-bond acceptors (Lipinski definition) is 3. The standard InChI is InChI=1S/C11H15BrN2O3S/c1-7-3-4-9(12)6-10(7)18(16,17)14-8(2)5-11(13)15/h3-4,6,8,14H,5H2,1-2H3,(H2,13,15). The van der Waals surface area contributed by atoms with E-state index in [2.05, 4.69) is 20.7 Å². The van der Waals surface area contributed by atoms with Gasteiger partial charge in [0, 0.05) is 16.9 Å². The molecule has 5 nitrogen and oxygen atoms in total. The molecule has 0 fully saturated rings. The number of primary amides is 1. The fourth-order valence-corrected chi connectivity index (χ4v) is 3.56. The summed E-state index contributed by atoms with van der Waals surface area (Å²) >= 11 is 3.23. The van der Waals surface area contributed by atoms with E-state index in [1.165, 1.54) is 6.07 Å². The zero-order valence-corrected chi connectivity index (χ0v) is 12.5. The lowest BCUT2D eigenvalue weighted by Gasteiger charge is -2.14. The summed E-state index contributed by atoms with van der Waals surface area (Å²) in [7, 11) is -3.65. The molecule has 3 N–H and O–H groups in total. The van der Waals surface area contributed by atoms with Gasteiger partial charge in [0.05, 0.1) is 4.90 Å². The van der Waals surface area contributed by atoms with Crippen LogP contribution in [0.15, 0.2) is 27.6 Å². The molecule has 1 rings (SSSR count). The molecular formula is C11H15BrN2O3S. The van der Waals surface area contributed by atoms with Crippen LogP contribution in [0, 0.1) is 6.92 Å². The molecule has 0 bridgehead atoms. The Hall–Kier alpha value is -0.920. The van der Waals surface area contributed by atoms with Crippen LogP contribution in [0.25, 0.3) is 0 Å². The van der Waals surface area contributed by atoms with Crippen molar-refractivity contribution in [3.63, 3.8) is 0 Å². The highest BCUT2D eigenvalue weighted by molar-refractivity contribution is 9.10. The Balaban J connectivity index is 2.99. The number of nitrogens with two attached hydrogens (primary N) is 1. The molecule has 0 aliphatic rings. The number of hydrogen-bond donors (Lipinski definition) is 2. The van der Waals surface area contributed by atoms with Crippen LogP contribution in [0.2, 0.25) is 0 Å². The molecule has 0 radical (unpaired) electrons. The van der Waals surface area contributed by atoms with E-state index in [4.69, 9.17) is 5.73 Å². The Kier molecular flexibility index (Phi) is 4.89. The van der Waals surface area contributed by atoms with Crippen LogP contribution < -0.4 is 10.5 Å². The Morgan fingerprint density at radius 1 is 1.50 bits per heavy atom. The Labute approximate surface area is 115 Å². The van der Waals surface area contributed by atoms with Crippen molar-refractivity contribution in [3.8, 4) is 0 Å². The van der Waals surface area contributed by atoms with Gasteiger partial charge in [-0.15, -0.1) is 0 Å². The summed E-state index contributed by atoms with van der Waals surface area (Å²) in [6.07, 6.45) is -0.0354. The van der Waals surface area contributed by atoms with Crippen molar-refractivity contribution in [1.82, 2.24) is 4.72 Å². The maximum atomic E-state index is 12.1. The van der Waals surface area contributed by atoms with Crippen molar-refractivity contribution in [1.29, 1.82) is 0 Å². The lowest BCUT2D eigenvalue weighted by Crippen LogP contribution is -2.36. The average Bonchev–Trinajstić information content (AvgIpc) is 2.19. The van der Waals surface area contributed by atoms with Crippen molar-refractivity contribution in [2.75, 3.05) is 0 Å². The van der Waals surface area contributed by atoms with Crippen molar-refractivity contribution < 1.29 is 13.2 Å². The van der Waals surface area contributed by atoms with E-state index in [1.807, 2.05) is 0 Å². The van der Waals surface area contributed by atoms with Gasteiger partial charge in [0.2, 0.25) is 15.9 Å². The maximum Gasteiger partial charge on any atom is 0.241 e. The van der Waals surface area contributed by atoms with Gasteiger partial charge in [-0.1, -0.05) is 22.0 Å². The number of benzene rings is 1. The zero-order chi connectivity index (χ0) is 13.9. The predicted octanol–water partition coefficient (Wildman–Crippen LogP) is 1.30. The summed E-state index contributed by atoms with van der Waals surface area (Å²) in [4.78, 5) is 10.9. The molecule has 1 unspecified atom stereocenters. The fourth-order valence-electron chi connectivity index (χ4n) is 1.54. The van der Waals surface area contributed by atoms with Gasteiger partial charge in [-0.3, -0.25) is 4.79 Å². The third kappa shape index (κ3) is 4.08. The highest BCUT2D eigenvalue weighted by atomic mass is 79.9. The van der Waals surface area contributed by atoms with Crippen molar-refractivity contribution >= 4 is 31.9 Å². The van der Waals surface area contributed by atoms with Gasteiger partial charge < -0.3 is 5.73 Å². The van der Waals surface area contributed by atoms with Crippen LogP contribution in [0.4, 0.5) is 0 Å². The van der Waals surface area contributed by atoms with Gasteiger partial charge in [0.1, 0.15) is 0 Å². The summed E-state index contributed by atoms with van der Waals surface area (Å²) in [5.74, 6) is -0.545. The Bertz CT molecular complexity index is 557. The second-order valence-electron chi connectivity index (χ2n) is 4.10. The molecule has 1 aromatic rings. The molecule has 1 amide bonds. The molecule has 18 heavy (non-hydrogen) atoms. The van der Waals surface area contributed by atoms with Gasteiger partial charge in [0.25, 0.3) is 0 Å². The van der Waals surface area contributed by atoms with Crippen LogP contribution in [-0.4, -0.2) is 20.4 Å². The highest BCUT2D eigenvalue weighted by Gasteiger charge is 2.20. The molecule has 1 aromatic carbocycles. The predicted molar refractivity (Wildman–Crippen MR) is 72.5 cm³/mol. The minimum Gasteiger partial charge on any atom is -0.370 e. The second-order valence-corrected chi connectivity index (χ2v) is 6.70. The number of rotatable bonds is 5. The van der Waals surface area contributed by atoms with Gasteiger partial charge in [0.15, 0.2) is 0 Å². The van der Waals surface area contributed by atoms with Gasteiger partial charge >= 0.3 is 0 Å². The third-order valence-corrected chi connectivity index (χ3v) is 4.53. The van der Waals surface area contributed by atoms with Gasteiger partial charge in [-0.25, -0.2) is 13.1 Å². The minimum absolute atomic E-state index is 0.0354. The summed E-state index contributed by atoms with van der Waals surface area (Å²) in [5.41, 5.74) is 5.66. The molecule has 0 saturated heterocycles. The summed E-state index contributed by atoms with van der Waals surface area (Å²) < 4.78 is 27.3. The number of sulfonamides is 1. The smallest absolute Gasteiger partial charge is 0.241 e. The van der Waals surface area contributed by atoms with Crippen molar-refractivity contribution in [3.05, 3.63) is 28.2 Å². The number of aryl methyl sites for hydroxylation is 1. The lowest BCUT2D eigenvalue weighted by atomic mass is 10.2. The molecule has 1 atom stereocenters. The van der Waals surface area contributed by atoms with E-state index >= 15 is 0 Å². The second kappa shape index (κ2) is 5.81. The molecule has 7 heteroatoms. The van der Waals surface area contributed by atoms with E-state index < -0.39 is 22.0 Å². The molecule has 0 saturated carbocycles. The molecule has 0 aliphatic carbocycles. The van der Waals surface area contributed by atoms with E-state index in [1.54, 1.807) is 26.0 Å². The minimum atomic E-state index is -3.65. The fraction of sp³-hybridized carbons (Fsp3) is 0.364. The number of carbonyl (C=O) groups excluding carboxylic acids is 1. The van der Waals surface area contributed by atoms with E-state index in [9.17, 15) is 13.2 Å². The van der Waals surface area contributed by atoms with Crippen molar-refractivity contribution in [2.24, 2.45) is 5.73 Å². The number of amides is 1. The Morgan fingerprint density at radius 3 is 2.67 bits per heavy atom. The third-order valence-electron chi connectivity index (χ3n) is 2.30. The molecular weight excluding hydrogens is 320 g/mol. The average molecular weight is 335 g/mol. The van der Waals surface area contributed by atoms with Crippen molar-refractivity contribution in [2.45, 2.75) is 31.2 Å². The first kappa shape index (κ1) is 15.1. The van der Waals surface area contributed by atoms with E-state index in [-0.39, 0.29) is 11.3 Å². The largest absolute Gasteiger partial charge is 0.370 e. The lowest BCUT2D eigenvalue weighted by molar-refractivity contribution is -0.118. The maximum absolute atomic E-state index is 12.1. The number of nitrogens with one attached hydrogen (secondary N) is 1. The first-order valence-corrected chi connectivity index (χ1v) is 7.57. The summed E-state index contributed by atoms with van der Waals surface area (Å²) in [6.45, 7) is 3.30. The van der Waals surface area contributed by atoms with Gasteiger partial charge in [-0.05, 0) is 31.5 Å². The van der Waals surface area contributed by atoms with Gasteiger partial charge in [-0.2, -0.15) is 0 Å². The van der Waals surface area contributed by atoms with Crippen LogP contribution >= 0.6 is 15.9 Å². The SMILES string of the molecule is Cc1ccc(Br)cc1S(=O)(=O)NC(C)CC(N)=O. The normalized spacial score (nSPS) is 13.3. The van der Waals surface area contributed by atoms with Crippen LogP contribution in [0.5, 0.6) is 0 Å². The van der Waals surface area contributed by atoms with Crippen LogP contribution in [-0.2, 0) is 14.8 Å². The summed E-state index contributed by atoms with van der Waals surface area (Å²) in [6, 6.07) is 4.46. The zero-order valence-electron chi connectivity index (χ0n) is 10.1. The van der Waals surface area contributed by atoms with Crippen LogP contribution in [0.3, 0.4) is 0 Å². The highest BCUT2D eigenvalue weighted by Crippen LogP contribution is 2.20. The number of carbonyl (C=O) groups is 1. The first-order chi connectivity index (χ1) is 8.22. The molecule has 0 aliphatic heterocycles. The van der Waals surface area contributed by atoms with E-state index in [0.717, 1.165) is 0 Å². The summed E-state index contributed by atoms with van der Waals surface area (Å²) in [5, 5.41) is 0. The quantitative estimate of drug-likeness (QED) is 0.850. The first-order valence-electron chi connectivity index (χ1n) is 5.29. The topological polar surface area (TPSA) is 89.3 Å².